The van der Waals surface area contributed by atoms with Gasteiger partial charge in [0.1, 0.15) is 5.00 Å². The Kier molecular flexibility index (Phi) is 9.28. The van der Waals surface area contributed by atoms with E-state index in [0.29, 0.717) is 50.4 Å². The molecule has 1 amide bonds. The Labute approximate surface area is 226 Å². The van der Waals surface area contributed by atoms with Crippen LogP contribution in [0.4, 0.5) is 10.8 Å². The van der Waals surface area contributed by atoms with Gasteiger partial charge in [0.25, 0.3) is 5.91 Å². The number of amides is 1. The highest BCUT2D eigenvalue weighted by Gasteiger charge is 2.27. The van der Waals surface area contributed by atoms with E-state index in [-0.39, 0.29) is 16.6 Å². The third kappa shape index (κ3) is 6.21. The average Bonchev–Trinajstić information content (AvgIpc) is 3.33. The quantitative estimate of drug-likeness (QED) is 0.250. The van der Waals surface area contributed by atoms with Crippen LogP contribution in [0.3, 0.4) is 0 Å². The first-order valence-electron chi connectivity index (χ1n) is 10.7. The van der Waals surface area contributed by atoms with Gasteiger partial charge < -0.3 is 20.3 Å². The maximum atomic E-state index is 13.0. The van der Waals surface area contributed by atoms with Crippen molar-refractivity contribution in [2.75, 3.05) is 30.8 Å². The first-order valence-corrected chi connectivity index (χ1v) is 13.1. The Morgan fingerprint density at radius 3 is 2.57 bits per heavy atom. The zero-order chi connectivity index (χ0) is 25.7. The van der Waals surface area contributed by atoms with Gasteiger partial charge in [-0.05, 0) is 66.1 Å². The van der Waals surface area contributed by atoms with Gasteiger partial charge in [-0.3, -0.25) is 9.48 Å². The zero-order valence-corrected chi connectivity index (χ0v) is 23.6. The van der Waals surface area contributed by atoms with Crippen molar-refractivity contribution in [1.29, 1.82) is 0 Å². The molecule has 0 saturated carbocycles. The molecule has 0 radical (unpaired) electrons. The molecule has 12 heteroatoms. The topological polar surface area (TPSA) is 88.5 Å². The number of methoxy groups -OCH3 is 1. The lowest BCUT2D eigenvalue weighted by molar-refractivity contribution is 0.0601. The van der Waals surface area contributed by atoms with E-state index in [2.05, 4.69) is 31.7 Å². The number of nitrogens with one attached hydrogen (secondary N) is 2. The second-order valence-electron chi connectivity index (χ2n) is 7.42. The molecule has 0 bridgehead atoms. The Bertz CT molecular complexity index is 1260. The lowest BCUT2D eigenvalue weighted by atomic mass is 10.1. The second kappa shape index (κ2) is 12.0. The van der Waals surface area contributed by atoms with E-state index in [9.17, 15) is 9.59 Å². The summed E-state index contributed by atoms with van der Waals surface area (Å²) in [5, 5.41) is 11.9. The number of benzene rings is 1. The molecule has 35 heavy (non-hydrogen) atoms. The van der Waals surface area contributed by atoms with E-state index >= 15 is 0 Å². The monoisotopic (exact) mass is 597 g/mol. The standard InChI is InChI=1S/C23H25BrClN5O3S2/c1-5-29(6-2)21(31)18-13(3)17(22(32)33-4)20(35-18)27-23(34)26-19-15(24)12-30(28-19)11-14-9-7-8-10-16(14)25/h7-10,12H,5-6,11H2,1-4H3,(H2,26,27,28,34). The van der Waals surface area contributed by atoms with E-state index in [4.69, 9.17) is 28.6 Å². The molecule has 0 atom stereocenters. The maximum absolute atomic E-state index is 13.0. The van der Waals surface area contributed by atoms with E-state index in [1.54, 1.807) is 16.5 Å². The number of thiophene rings is 1. The molecule has 0 unspecified atom stereocenters. The minimum atomic E-state index is -0.548. The fourth-order valence-corrected chi connectivity index (χ4v) is 5.45. The molecule has 0 aliphatic carbocycles. The Morgan fingerprint density at radius 1 is 1.26 bits per heavy atom. The predicted molar refractivity (Wildman–Crippen MR) is 148 cm³/mol. The number of carbonyl (C=O) groups is 2. The number of nitrogens with zero attached hydrogens (tertiary/aromatic N) is 3. The van der Waals surface area contributed by atoms with Crippen molar-refractivity contribution < 1.29 is 14.3 Å². The molecule has 0 spiro atoms. The summed E-state index contributed by atoms with van der Waals surface area (Å²) in [6, 6.07) is 7.55. The highest BCUT2D eigenvalue weighted by Crippen LogP contribution is 2.35. The molecule has 0 aliphatic heterocycles. The Morgan fingerprint density at radius 2 is 1.94 bits per heavy atom. The smallest absolute Gasteiger partial charge is 0.341 e. The third-order valence-electron chi connectivity index (χ3n) is 5.25. The minimum Gasteiger partial charge on any atom is -0.465 e. The first kappa shape index (κ1) is 27.1. The van der Waals surface area contributed by atoms with Crippen molar-refractivity contribution in [2.24, 2.45) is 0 Å². The van der Waals surface area contributed by atoms with Crippen molar-refractivity contribution in [3.63, 3.8) is 0 Å². The molecule has 8 nitrogen and oxygen atoms in total. The van der Waals surface area contributed by atoms with Crippen LogP contribution in [0.1, 0.15) is 45.0 Å². The van der Waals surface area contributed by atoms with Crippen LogP contribution < -0.4 is 10.6 Å². The number of carbonyl (C=O) groups excluding carboxylic acids is 2. The van der Waals surface area contributed by atoms with Crippen LogP contribution in [0.2, 0.25) is 5.02 Å². The predicted octanol–water partition coefficient (Wildman–Crippen LogP) is 5.79. The summed E-state index contributed by atoms with van der Waals surface area (Å²) in [5.74, 6) is -0.203. The minimum absolute atomic E-state index is 0.143. The number of esters is 1. The molecular weight excluding hydrogens is 574 g/mol. The fourth-order valence-electron chi connectivity index (χ4n) is 3.41. The number of hydrogen-bond donors (Lipinski definition) is 2. The molecule has 2 N–H and O–H groups in total. The van der Waals surface area contributed by atoms with E-state index < -0.39 is 5.97 Å². The van der Waals surface area contributed by atoms with Gasteiger partial charge in [0, 0.05) is 24.3 Å². The van der Waals surface area contributed by atoms with Crippen LogP contribution in [0, 0.1) is 6.92 Å². The van der Waals surface area contributed by atoms with Crippen LogP contribution in [-0.4, -0.2) is 51.9 Å². The van der Waals surface area contributed by atoms with Gasteiger partial charge in [-0.15, -0.1) is 11.3 Å². The van der Waals surface area contributed by atoms with Crippen molar-refractivity contribution in [3.8, 4) is 0 Å². The number of anilines is 2. The largest absolute Gasteiger partial charge is 0.465 e. The van der Waals surface area contributed by atoms with Gasteiger partial charge in [0.15, 0.2) is 10.9 Å². The first-order chi connectivity index (χ1) is 16.7. The number of hydrogen-bond acceptors (Lipinski definition) is 6. The van der Waals surface area contributed by atoms with Crippen LogP contribution in [0.5, 0.6) is 0 Å². The normalized spacial score (nSPS) is 10.7. The number of rotatable bonds is 8. The van der Waals surface area contributed by atoms with Gasteiger partial charge in [0.2, 0.25) is 0 Å². The zero-order valence-electron chi connectivity index (χ0n) is 19.6. The van der Waals surface area contributed by atoms with Gasteiger partial charge in [-0.2, -0.15) is 5.10 Å². The molecule has 3 rings (SSSR count). The third-order valence-corrected chi connectivity index (χ3v) is 7.60. The summed E-state index contributed by atoms with van der Waals surface area (Å²) in [6.45, 7) is 7.16. The molecule has 3 aromatic rings. The summed E-state index contributed by atoms with van der Waals surface area (Å²) < 4.78 is 7.38. The van der Waals surface area contributed by atoms with Crippen molar-refractivity contribution in [3.05, 3.63) is 61.5 Å². The van der Waals surface area contributed by atoms with Gasteiger partial charge >= 0.3 is 5.97 Å². The Balaban J connectivity index is 1.81. The average molecular weight is 599 g/mol. The molecule has 2 aromatic heterocycles. The highest BCUT2D eigenvalue weighted by molar-refractivity contribution is 9.10. The van der Waals surface area contributed by atoms with Crippen LogP contribution in [-0.2, 0) is 11.3 Å². The summed E-state index contributed by atoms with van der Waals surface area (Å²) in [7, 11) is 1.30. The number of aromatic nitrogens is 2. The van der Waals surface area contributed by atoms with Crippen molar-refractivity contribution in [2.45, 2.75) is 27.3 Å². The van der Waals surface area contributed by atoms with E-state index in [0.717, 1.165) is 5.56 Å². The number of thiocarbonyl (C=S) groups is 1. The van der Waals surface area contributed by atoms with Gasteiger partial charge in [-0.1, -0.05) is 29.8 Å². The van der Waals surface area contributed by atoms with Crippen LogP contribution >= 0.6 is 51.1 Å². The molecule has 186 valence electrons. The summed E-state index contributed by atoms with van der Waals surface area (Å²) in [4.78, 5) is 27.7. The second-order valence-corrected chi connectivity index (χ2v) is 10.1. The summed E-state index contributed by atoms with van der Waals surface area (Å²) in [6.07, 6.45) is 1.81. The van der Waals surface area contributed by atoms with Crippen LogP contribution in [0.15, 0.2) is 34.9 Å². The molecule has 2 heterocycles. The van der Waals surface area contributed by atoms with Crippen molar-refractivity contribution in [1.82, 2.24) is 14.7 Å². The lowest BCUT2D eigenvalue weighted by Gasteiger charge is -2.17. The summed E-state index contributed by atoms with van der Waals surface area (Å²) >= 11 is 16.4. The molecule has 0 saturated heterocycles. The summed E-state index contributed by atoms with van der Waals surface area (Å²) in [5.41, 5.74) is 1.76. The van der Waals surface area contributed by atoms with Crippen LogP contribution in [0.25, 0.3) is 0 Å². The van der Waals surface area contributed by atoms with Crippen molar-refractivity contribution >= 4 is 78.9 Å². The van der Waals surface area contributed by atoms with E-state index in [1.807, 2.05) is 44.3 Å². The Hall–Kier alpha value is -2.47. The fraction of sp³-hybridized carbons (Fsp3) is 0.304. The van der Waals surface area contributed by atoms with E-state index in [1.165, 1.54) is 18.4 Å². The van der Waals surface area contributed by atoms with Gasteiger partial charge in [-0.25, -0.2) is 4.79 Å². The SMILES string of the molecule is CCN(CC)C(=O)c1sc(NC(=S)Nc2nn(Cc3ccccc3Cl)cc2Br)c(C(=O)OC)c1C. The molecule has 1 aromatic carbocycles. The highest BCUT2D eigenvalue weighted by atomic mass is 79.9. The molecule has 0 aliphatic rings. The number of ether oxygens (including phenoxy) is 1. The molecular formula is C23H25BrClN5O3S2. The lowest BCUT2D eigenvalue weighted by Crippen LogP contribution is -2.30. The maximum Gasteiger partial charge on any atom is 0.341 e. The molecule has 0 fully saturated rings. The number of halogens is 2. The van der Waals surface area contributed by atoms with Gasteiger partial charge in [0.05, 0.1) is 28.6 Å².